The van der Waals surface area contributed by atoms with Crippen LogP contribution in [0.4, 0.5) is 4.79 Å². The number of likely N-dealkylation sites (tertiary alicyclic amines) is 2. The molecule has 1 atom stereocenters. The number of nitrogens with one attached hydrogen (secondary N) is 1. The molecule has 6 nitrogen and oxygen atoms in total. The monoisotopic (exact) mass is 404 g/mol. The van der Waals surface area contributed by atoms with Gasteiger partial charge in [0.2, 0.25) is 0 Å². The van der Waals surface area contributed by atoms with Gasteiger partial charge in [-0.05, 0) is 69.8 Å². The summed E-state index contributed by atoms with van der Waals surface area (Å²) in [5.41, 5.74) is 3.05. The minimum atomic E-state index is -2.70. The van der Waals surface area contributed by atoms with E-state index in [1.807, 2.05) is 18.3 Å². The summed E-state index contributed by atoms with van der Waals surface area (Å²) in [6.45, 7) is -3.46. The van der Waals surface area contributed by atoms with Crippen molar-refractivity contribution in [3.8, 4) is 0 Å². The second kappa shape index (κ2) is 8.76. The number of hydrogen-bond acceptors (Lipinski definition) is 3. The lowest BCUT2D eigenvalue weighted by atomic mass is 9.88. The van der Waals surface area contributed by atoms with E-state index >= 15 is 0 Å². The third-order valence-electron chi connectivity index (χ3n) is 6.53. The molecule has 2 fully saturated rings. The number of hydrogen-bond donors (Lipinski definition) is 2. The first-order chi connectivity index (χ1) is 16.5. The summed E-state index contributed by atoms with van der Waals surface area (Å²) < 4.78 is 46.0. The summed E-state index contributed by atoms with van der Waals surface area (Å²) >= 11 is 0. The molecule has 2 saturated heterocycles. The van der Waals surface area contributed by atoms with Gasteiger partial charge in [-0.15, -0.1) is 0 Å². The number of piperidine rings is 2. The highest BCUT2D eigenvalue weighted by Crippen LogP contribution is 2.39. The Bertz CT molecular complexity index is 1020. The van der Waals surface area contributed by atoms with Crippen molar-refractivity contribution in [2.45, 2.75) is 50.6 Å². The molecule has 1 aromatic heterocycles. The number of aromatic amines is 1. The molecule has 158 valence electrons. The van der Waals surface area contributed by atoms with Crippen LogP contribution in [0, 0.1) is 0 Å². The van der Waals surface area contributed by atoms with E-state index < -0.39 is 20.0 Å². The van der Waals surface area contributed by atoms with Crippen LogP contribution >= 0.6 is 0 Å². The highest BCUT2D eigenvalue weighted by Gasteiger charge is 2.34. The van der Waals surface area contributed by atoms with E-state index in [1.54, 1.807) is 0 Å². The Morgan fingerprint density at radius 2 is 2.07 bits per heavy atom. The van der Waals surface area contributed by atoms with Crippen molar-refractivity contribution >= 4 is 17.0 Å². The summed E-state index contributed by atoms with van der Waals surface area (Å²) in [4.78, 5) is 19.3. The van der Waals surface area contributed by atoms with Gasteiger partial charge in [0.1, 0.15) is 0 Å². The highest BCUT2D eigenvalue weighted by atomic mass is 16.4. The van der Waals surface area contributed by atoms with Gasteiger partial charge in [-0.3, -0.25) is 4.90 Å². The molecule has 2 N–H and O–H groups in total. The molecule has 2 aromatic rings. The van der Waals surface area contributed by atoms with Crippen LogP contribution in [-0.4, -0.2) is 77.1 Å². The van der Waals surface area contributed by atoms with Crippen molar-refractivity contribution in [3.63, 3.8) is 0 Å². The van der Waals surface area contributed by atoms with Gasteiger partial charge in [0.15, 0.2) is 0 Å². The van der Waals surface area contributed by atoms with Crippen molar-refractivity contribution in [2.75, 3.05) is 40.1 Å². The molecule has 6 heteroatoms. The number of fused-ring (bicyclic) bond motifs is 1. The van der Waals surface area contributed by atoms with Crippen LogP contribution in [0.3, 0.4) is 0 Å². The second-order valence-corrected chi connectivity index (χ2v) is 8.24. The van der Waals surface area contributed by atoms with Crippen LogP contribution in [0.1, 0.15) is 57.5 Å². The van der Waals surface area contributed by atoms with Crippen LogP contribution in [0.2, 0.25) is 0 Å². The maximum Gasteiger partial charge on any atom is 0.407 e. The maximum atomic E-state index is 11.3. The first-order valence-corrected chi connectivity index (χ1v) is 10.6. The lowest BCUT2D eigenvalue weighted by Gasteiger charge is -2.44. The molecule has 0 saturated carbocycles. The zero-order valence-electron chi connectivity index (χ0n) is 22.7. The summed E-state index contributed by atoms with van der Waals surface area (Å²) in [7, 11) is 0. The Hall–Kier alpha value is -2.05. The largest absolute Gasteiger partial charge is 0.465 e. The van der Waals surface area contributed by atoms with E-state index in [0.29, 0.717) is 30.5 Å². The van der Waals surface area contributed by atoms with Crippen LogP contribution < -0.4 is 0 Å². The summed E-state index contributed by atoms with van der Waals surface area (Å²) in [6.07, 6.45) is 6.15. The molecular weight excluding hydrogens is 364 g/mol. The van der Waals surface area contributed by atoms with Crippen molar-refractivity contribution in [1.29, 1.82) is 0 Å². The zero-order chi connectivity index (χ0) is 25.4. The molecule has 4 rings (SSSR count). The quantitative estimate of drug-likeness (QED) is 0.792. The van der Waals surface area contributed by atoms with E-state index in [2.05, 4.69) is 16.0 Å². The van der Waals surface area contributed by atoms with Gasteiger partial charge < -0.3 is 19.9 Å². The molecule has 2 aliphatic heterocycles. The minimum absolute atomic E-state index is 0.101. The molecule has 2 aliphatic rings. The van der Waals surface area contributed by atoms with Gasteiger partial charge in [-0.2, -0.15) is 0 Å². The van der Waals surface area contributed by atoms with Crippen LogP contribution in [0.15, 0.2) is 24.4 Å². The Morgan fingerprint density at radius 3 is 2.83 bits per heavy atom. The normalized spacial score (nSPS) is 25.8. The van der Waals surface area contributed by atoms with Gasteiger partial charge in [-0.25, -0.2) is 4.79 Å². The number of nitrogens with zero attached hydrogens (tertiary/aromatic N) is 3. The summed E-state index contributed by atoms with van der Waals surface area (Å²) in [5.74, 6) is 0. The summed E-state index contributed by atoms with van der Waals surface area (Å²) in [6, 6.07) is 6.64. The fraction of sp³-hybridized carbons (Fsp3) is 0.609. The van der Waals surface area contributed by atoms with E-state index in [0.717, 1.165) is 55.1 Å². The van der Waals surface area contributed by atoms with Gasteiger partial charge in [-0.1, -0.05) is 18.6 Å². The number of benzene rings is 1. The van der Waals surface area contributed by atoms with Crippen molar-refractivity contribution in [2.24, 2.45) is 0 Å². The fourth-order valence-electron chi connectivity index (χ4n) is 5.11. The Balaban J connectivity index is 1.60. The molecule has 1 aromatic carbocycles. The molecule has 1 unspecified atom stereocenters. The van der Waals surface area contributed by atoms with Gasteiger partial charge in [0.25, 0.3) is 0 Å². The standard InChI is InChI=1S/C23H34N4O2/c1-25(2)13-9-17-16-24-20-7-5-6-19(22(17)20)21-8-3-4-12-27(21)18-10-14-26(15-11-18)23(28)29/h5-7,16,18,21,24H,3-4,8-15H2,1-2H3,(H,28,29)/i1D3,2D3. The van der Waals surface area contributed by atoms with Gasteiger partial charge in [0, 0.05) is 57.0 Å². The first kappa shape index (κ1) is 14.0. The Labute approximate surface area is 181 Å². The number of likely N-dealkylation sites (N-methyl/N-ethyl adjacent to an activating group) is 1. The molecule has 0 bridgehead atoms. The SMILES string of the molecule is [2H]C([2H])([2H])N(CCc1c[nH]c2cccc(C3CCCCN3C3CCN(C(=O)O)CC3)c12)C([2H])([2H])[2H]. The number of H-pyrrole nitrogens is 1. The number of carboxylic acid groups (broad SMARTS) is 1. The lowest BCUT2D eigenvalue weighted by Crippen LogP contribution is -2.49. The van der Waals surface area contributed by atoms with Crippen molar-refractivity contribution in [1.82, 2.24) is 19.7 Å². The van der Waals surface area contributed by atoms with Crippen molar-refractivity contribution in [3.05, 3.63) is 35.5 Å². The van der Waals surface area contributed by atoms with E-state index in [4.69, 9.17) is 8.22 Å². The predicted molar refractivity (Wildman–Crippen MR) is 116 cm³/mol. The zero-order valence-corrected chi connectivity index (χ0v) is 16.7. The Morgan fingerprint density at radius 1 is 1.24 bits per heavy atom. The minimum Gasteiger partial charge on any atom is -0.465 e. The van der Waals surface area contributed by atoms with Crippen molar-refractivity contribution < 1.29 is 18.1 Å². The van der Waals surface area contributed by atoms with Crippen LogP contribution in [-0.2, 0) is 6.42 Å². The number of aromatic nitrogens is 1. The lowest BCUT2D eigenvalue weighted by molar-refractivity contribution is 0.0502. The average molecular weight is 405 g/mol. The number of carbonyl (C=O) groups is 1. The molecule has 0 spiro atoms. The van der Waals surface area contributed by atoms with Gasteiger partial charge in [0.05, 0.1) is 0 Å². The molecular formula is C23H34N4O2. The van der Waals surface area contributed by atoms with Gasteiger partial charge >= 0.3 is 6.09 Å². The van der Waals surface area contributed by atoms with E-state index in [-0.39, 0.29) is 12.6 Å². The molecule has 3 heterocycles. The van der Waals surface area contributed by atoms with E-state index in [1.165, 1.54) is 10.5 Å². The number of rotatable bonds is 5. The van der Waals surface area contributed by atoms with Crippen LogP contribution in [0.25, 0.3) is 10.9 Å². The second-order valence-electron chi connectivity index (χ2n) is 8.24. The van der Waals surface area contributed by atoms with Crippen LogP contribution in [0.5, 0.6) is 0 Å². The molecule has 1 amide bonds. The fourth-order valence-corrected chi connectivity index (χ4v) is 5.11. The third-order valence-corrected chi connectivity index (χ3v) is 6.53. The maximum absolute atomic E-state index is 11.3. The first-order valence-electron chi connectivity index (χ1n) is 13.6. The predicted octanol–water partition coefficient (Wildman–Crippen LogP) is 3.94. The smallest absolute Gasteiger partial charge is 0.407 e. The average Bonchev–Trinajstić information content (AvgIpc) is 3.21. The molecule has 0 radical (unpaired) electrons. The Kier molecular flexibility index (Phi) is 4.24. The molecule has 29 heavy (non-hydrogen) atoms. The highest BCUT2D eigenvalue weighted by molar-refractivity contribution is 5.87. The third kappa shape index (κ3) is 4.28. The number of amides is 1. The topological polar surface area (TPSA) is 62.8 Å². The molecule has 0 aliphatic carbocycles. The van der Waals surface area contributed by atoms with E-state index in [9.17, 15) is 9.90 Å². The summed E-state index contributed by atoms with van der Waals surface area (Å²) in [5, 5.41) is 10.4.